The second-order valence-corrected chi connectivity index (χ2v) is 6.28. The van der Waals surface area contributed by atoms with Gasteiger partial charge in [0.1, 0.15) is 0 Å². The molecule has 0 atom stereocenters. The lowest BCUT2D eigenvalue weighted by molar-refractivity contribution is 0.0599. The summed E-state index contributed by atoms with van der Waals surface area (Å²) in [5.74, 6) is -0.278. The summed E-state index contributed by atoms with van der Waals surface area (Å²) in [4.78, 5) is 14.0. The van der Waals surface area contributed by atoms with E-state index >= 15 is 0 Å². The largest absolute Gasteiger partial charge is 0.465 e. The lowest BCUT2D eigenvalue weighted by Gasteiger charge is -2.09. The lowest BCUT2D eigenvalue weighted by atomic mass is 10.1. The highest BCUT2D eigenvalue weighted by Crippen LogP contribution is 2.30. The van der Waals surface area contributed by atoms with Crippen molar-refractivity contribution in [3.05, 3.63) is 58.1 Å². The van der Waals surface area contributed by atoms with E-state index in [1.807, 2.05) is 49.4 Å². The number of ether oxygens (including phenoxy) is 1. The second-order valence-electron chi connectivity index (χ2n) is 4.22. The van der Waals surface area contributed by atoms with E-state index in [-0.39, 0.29) is 5.97 Å². The number of benzene rings is 2. The van der Waals surface area contributed by atoms with Crippen LogP contribution in [0.5, 0.6) is 0 Å². The molecule has 0 aliphatic carbocycles. The fourth-order valence-electron chi connectivity index (χ4n) is 1.87. The fraction of sp³-hybridized carbons (Fsp3) is 0.188. The molecule has 0 saturated heterocycles. The van der Waals surface area contributed by atoms with Gasteiger partial charge in [0.25, 0.3) is 0 Å². The van der Waals surface area contributed by atoms with Crippen LogP contribution >= 0.6 is 27.7 Å². The molecular formula is C16H15BrO2S. The van der Waals surface area contributed by atoms with Crippen LogP contribution in [0.4, 0.5) is 0 Å². The van der Waals surface area contributed by atoms with Gasteiger partial charge in [-0.2, -0.15) is 0 Å². The van der Waals surface area contributed by atoms with Crippen molar-refractivity contribution in [3.8, 4) is 0 Å². The summed E-state index contributed by atoms with van der Waals surface area (Å²) in [6, 6.07) is 14.0. The molecule has 0 spiro atoms. The minimum absolute atomic E-state index is 0.278. The van der Waals surface area contributed by atoms with Crippen molar-refractivity contribution in [2.24, 2.45) is 0 Å². The van der Waals surface area contributed by atoms with E-state index in [1.165, 1.54) is 7.11 Å². The smallest absolute Gasteiger partial charge is 0.338 e. The van der Waals surface area contributed by atoms with E-state index in [1.54, 1.807) is 11.8 Å². The number of rotatable bonds is 4. The Labute approximate surface area is 131 Å². The van der Waals surface area contributed by atoms with E-state index in [4.69, 9.17) is 4.74 Å². The van der Waals surface area contributed by atoms with Crippen LogP contribution in [-0.2, 0) is 11.2 Å². The van der Waals surface area contributed by atoms with Crippen LogP contribution in [0.3, 0.4) is 0 Å². The molecule has 0 heterocycles. The maximum absolute atomic E-state index is 11.8. The van der Waals surface area contributed by atoms with Crippen LogP contribution in [0.2, 0.25) is 0 Å². The number of esters is 1. The van der Waals surface area contributed by atoms with Crippen molar-refractivity contribution in [1.29, 1.82) is 0 Å². The van der Waals surface area contributed by atoms with Crippen molar-refractivity contribution >= 4 is 33.7 Å². The van der Waals surface area contributed by atoms with Crippen LogP contribution in [0.1, 0.15) is 22.8 Å². The minimum Gasteiger partial charge on any atom is -0.465 e. The lowest BCUT2D eigenvalue weighted by Crippen LogP contribution is -2.05. The summed E-state index contributed by atoms with van der Waals surface area (Å²) in [5.41, 5.74) is 1.66. The van der Waals surface area contributed by atoms with E-state index in [0.717, 1.165) is 26.2 Å². The zero-order valence-electron chi connectivity index (χ0n) is 11.4. The summed E-state index contributed by atoms with van der Waals surface area (Å²) in [7, 11) is 1.41. The molecule has 2 aromatic carbocycles. The van der Waals surface area contributed by atoms with E-state index in [0.29, 0.717) is 5.56 Å². The molecule has 0 aliphatic heterocycles. The maximum atomic E-state index is 11.8. The number of halogens is 1. The normalized spacial score (nSPS) is 10.3. The van der Waals surface area contributed by atoms with Crippen LogP contribution in [-0.4, -0.2) is 13.1 Å². The quantitative estimate of drug-likeness (QED) is 0.729. The Morgan fingerprint density at radius 2 is 1.80 bits per heavy atom. The molecule has 0 amide bonds. The molecule has 2 nitrogen and oxygen atoms in total. The first-order valence-corrected chi connectivity index (χ1v) is 7.89. The highest BCUT2D eigenvalue weighted by molar-refractivity contribution is 9.10. The molecule has 0 aromatic heterocycles. The monoisotopic (exact) mass is 350 g/mol. The van der Waals surface area contributed by atoms with Gasteiger partial charge in [0.2, 0.25) is 0 Å². The van der Waals surface area contributed by atoms with Crippen molar-refractivity contribution in [2.45, 2.75) is 23.1 Å². The zero-order chi connectivity index (χ0) is 14.5. The van der Waals surface area contributed by atoms with E-state index in [2.05, 4.69) is 15.9 Å². The van der Waals surface area contributed by atoms with Gasteiger partial charge in [-0.25, -0.2) is 4.79 Å². The average Bonchev–Trinajstić information content (AvgIpc) is 2.48. The molecule has 0 saturated carbocycles. The first-order valence-electron chi connectivity index (χ1n) is 6.28. The Morgan fingerprint density at radius 3 is 2.40 bits per heavy atom. The highest BCUT2D eigenvalue weighted by atomic mass is 79.9. The molecule has 0 unspecified atom stereocenters. The van der Waals surface area contributed by atoms with E-state index in [9.17, 15) is 4.79 Å². The van der Waals surface area contributed by atoms with E-state index < -0.39 is 0 Å². The summed E-state index contributed by atoms with van der Waals surface area (Å²) in [5, 5.41) is 0. The van der Waals surface area contributed by atoms with Crippen LogP contribution < -0.4 is 0 Å². The maximum Gasteiger partial charge on any atom is 0.338 e. The number of carbonyl (C=O) groups is 1. The van der Waals surface area contributed by atoms with Crippen molar-refractivity contribution in [2.75, 3.05) is 7.11 Å². The van der Waals surface area contributed by atoms with Gasteiger partial charge in [-0.3, -0.25) is 0 Å². The number of carbonyl (C=O) groups excluding carboxylic acids is 1. The van der Waals surface area contributed by atoms with Gasteiger partial charge in [-0.15, -0.1) is 0 Å². The fourth-order valence-corrected chi connectivity index (χ4v) is 2.99. The van der Waals surface area contributed by atoms with Crippen molar-refractivity contribution in [1.82, 2.24) is 0 Å². The molecule has 0 fully saturated rings. The van der Waals surface area contributed by atoms with Crippen molar-refractivity contribution < 1.29 is 9.53 Å². The Hall–Kier alpha value is -1.26. The molecule has 0 bridgehead atoms. The van der Waals surface area contributed by atoms with Crippen LogP contribution in [0.25, 0.3) is 0 Å². The highest BCUT2D eigenvalue weighted by Gasteiger charge is 2.12. The molecule has 20 heavy (non-hydrogen) atoms. The Bertz CT molecular complexity index is 608. The number of methoxy groups -OCH3 is 1. The van der Waals surface area contributed by atoms with Gasteiger partial charge in [0, 0.05) is 14.3 Å². The number of aryl methyl sites for hydroxylation is 1. The topological polar surface area (TPSA) is 26.3 Å². The van der Waals surface area contributed by atoms with Crippen LogP contribution in [0.15, 0.2) is 56.7 Å². The van der Waals surface area contributed by atoms with Gasteiger partial charge in [0.05, 0.1) is 12.7 Å². The standard InChI is InChI=1S/C16H15BrO2S/c1-3-11-4-7-14(10-15(11)16(18)19-2)20-13-8-5-12(17)6-9-13/h4-10H,3H2,1-2H3. The van der Waals surface area contributed by atoms with Crippen LogP contribution in [0, 0.1) is 0 Å². The molecule has 4 heteroatoms. The number of hydrogen-bond acceptors (Lipinski definition) is 3. The first-order chi connectivity index (χ1) is 9.63. The Morgan fingerprint density at radius 1 is 1.15 bits per heavy atom. The van der Waals surface area contributed by atoms with Gasteiger partial charge >= 0.3 is 5.97 Å². The van der Waals surface area contributed by atoms with Crippen molar-refractivity contribution in [3.63, 3.8) is 0 Å². The Kier molecular flexibility index (Phi) is 5.26. The zero-order valence-corrected chi connectivity index (χ0v) is 13.8. The van der Waals surface area contributed by atoms with Gasteiger partial charge in [0.15, 0.2) is 0 Å². The summed E-state index contributed by atoms with van der Waals surface area (Å²) >= 11 is 5.05. The van der Waals surface area contributed by atoms with Gasteiger partial charge in [-0.05, 0) is 48.4 Å². The second kappa shape index (κ2) is 6.95. The summed E-state index contributed by atoms with van der Waals surface area (Å²) in [6.45, 7) is 2.03. The van der Waals surface area contributed by atoms with Gasteiger partial charge in [-0.1, -0.05) is 40.7 Å². The first kappa shape index (κ1) is 15.1. The molecule has 0 radical (unpaired) electrons. The van der Waals surface area contributed by atoms with Gasteiger partial charge < -0.3 is 4.74 Å². The third-order valence-corrected chi connectivity index (χ3v) is 4.44. The molecule has 2 aromatic rings. The number of hydrogen-bond donors (Lipinski definition) is 0. The SMILES string of the molecule is CCc1ccc(Sc2ccc(Br)cc2)cc1C(=O)OC. The molecule has 104 valence electrons. The predicted octanol–water partition coefficient (Wildman–Crippen LogP) is 4.95. The summed E-state index contributed by atoms with van der Waals surface area (Å²) in [6.07, 6.45) is 0.813. The third-order valence-electron chi connectivity index (χ3n) is 2.92. The Balaban J connectivity index is 2.28. The predicted molar refractivity (Wildman–Crippen MR) is 85.4 cm³/mol. The molecule has 0 N–H and O–H groups in total. The molecular weight excluding hydrogens is 336 g/mol. The average molecular weight is 351 g/mol. The summed E-state index contributed by atoms with van der Waals surface area (Å²) < 4.78 is 5.90. The third kappa shape index (κ3) is 3.64. The minimum atomic E-state index is -0.278. The molecule has 0 aliphatic rings. The molecule has 2 rings (SSSR count).